The SMILES string of the molecule is Cc1ncsc1C(NN)c1ccc(C(F)(F)F)cc1. The zero-order valence-corrected chi connectivity index (χ0v) is 10.8. The molecule has 102 valence electrons. The zero-order valence-electron chi connectivity index (χ0n) is 10.0. The third kappa shape index (κ3) is 2.94. The Morgan fingerprint density at radius 1 is 1.26 bits per heavy atom. The van der Waals surface area contributed by atoms with Crippen LogP contribution in [-0.4, -0.2) is 4.98 Å². The second-order valence-corrected chi connectivity index (χ2v) is 4.91. The van der Waals surface area contributed by atoms with Crippen molar-refractivity contribution >= 4 is 11.3 Å². The number of benzene rings is 1. The molecule has 0 aliphatic rings. The molecule has 7 heteroatoms. The highest BCUT2D eigenvalue weighted by Crippen LogP contribution is 2.32. The first-order valence-corrected chi connectivity index (χ1v) is 6.34. The van der Waals surface area contributed by atoms with Crippen molar-refractivity contribution in [3.63, 3.8) is 0 Å². The van der Waals surface area contributed by atoms with E-state index in [1.807, 2.05) is 6.92 Å². The summed E-state index contributed by atoms with van der Waals surface area (Å²) in [5, 5.41) is 0. The van der Waals surface area contributed by atoms with Gasteiger partial charge in [0.1, 0.15) is 0 Å². The lowest BCUT2D eigenvalue weighted by atomic mass is 10.0. The van der Waals surface area contributed by atoms with E-state index < -0.39 is 11.7 Å². The van der Waals surface area contributed by atoms with Crippen LogP contribution in [-0.2, 0) is 6.18 Å². The van der Waals surface area contributed by atoms with Gasteiger partial charge in [-0.05, 0) is 24.6 Å². The van der Waals surface area contributed by atoms with Gasteiger partial charge in [-0.1, -0.05) is 12.1 Å². The van der Waals surface area contributed by atoms with Crippen LogP contribution < -0.4 is 11.3 Å². The van der Waals surface area contributed by atoms with Gasteiger partial charge in [0.05, 0.1) is 27.7 Å². The fourth-order valence-corrected chi connectivity index (χ4v) is 2.66. The van der Waals surface area contributed by atoms with Gasteiger partial charge in [-0.3, -0.25) is 5.84 Å². The third-order valence-electron chi connectivity index (χ3n) is 2.78. The van der Waals surface area contributed by atoms with Crippen molar-refractivity contribution in [3.05, 3.63) is 51.5 Å². The van der Waals surface area contributed by atoms with Gasteiger partial charge in [0.2, 0.25) is 0 Å². The highest BCUT2D eigenvalue weighted by molar-refractivity contribution is 7.09. The summed E-state index contributed by atoms with van der Waals surface area (Å²) in [6.45, 7) is 1.83. The lowest BCUT2D eigenvalue weighted by Gasteiger charge is -2.16. The highest BCUT2D eigenvalue weighted by atomic mass is 32.1. The van der Waals surface area contributed by atoms with Crippen molar-refractivity contribution < 1.29 is 13.2 Å². The predicted octanol–water partition coefficient (Wildman–Crippen LogP) is 3.02. The molecule has 0 bridgehead atoms. The largest absolute Gasteiger partial charge is 0.416 e. The normalized spacial score (nSPS) is 13.5. The molecule has 0 saturated carbocycles. The number of aromatic nitrogens is 1. The smallest absolute Gasteiger partial charge is 0.271 e. The number of nitrogens with one attached hydrogen (secondary N) is 1. The molecule has 0 aliphatic heterocycles. The van der Waals surface area contributed by atoms with E-state index in [4.69, 9.17) is 5.84 Å². The van der Waals surface area contributed by atoms with Crippen LogP contribution in [0.3, 0.4) is 0 Å². The number of aryl methyl sites for hydroxylation is 1. The van der Waals surface area contributed by atoms with Crippen LogP contribution >= 0.6 is 11.3 Å². The molecular formula is C12H12F3N3S. The standard InChI is InChI=1S/C12H12F3N3S/c1-7-11(19-6-17-7)10(18-16)8-2-4-9(5-3-8)12(13,14)15/h2-6,10,18H,16H2,1H3. The first kappa shape index (κ1) is 14.0. The van der Waals surface area contributed by atoms with E-state index in [1.165, 1.54) is 23.5 Å². The average molecular weight is 287 g/mol. The maximum atomic E-state index is 12.5. The van der Waals surface area contributed by atoms with Gasteiger partial charge in [-0.15, -0.1) is 11.3 Å². The number of halogens is 3. The van der Waals surface area contributed by atoms with Crippen LogP contribution in [0.2, 0.25) is 0 Å². The number of nitrogens with two attached hydrogens (primary N) is 1. The molecule has 0 fully saturated rings. The van der Waals surface area contributed by atoms with E-state index in [-0.39, 0.29) is 6.04 Å². The van der Waals surface area contributed by atoms with Gasteiger partial charge >= 0.3 is 6.18 Å². The Labute approximate surface area is 112 Å². The second-order valence-electron chi connectivity index (χ2n) is 4.02. The van der Waals surface area contributed by atoms with E-state index in [9.17, 15) is 13.2 Å². The van der Waals surface area contributed by atoms with E-state index in [2.05, 4.69) is 10.4 Å². The molecule has 1 heterocycles. The summed E-state index contributed by atoms with van der Waals surface area (Å²) in [4.78, 5) is 5.00. The molecule has 1 aromatic carbocycles. The molecule has 0 aliphatic carbocycles. The highest BCUT2D eigenvalue weighted by Gasteiger charge is 2.30. The molecular weight excluding hydrogens is 275 g/mol. The van der Waals surface area contributed by atoms with Crippen LogP contribution in [0.4, 0.5) is 13.2 Å². The van der Waals surface area contributed by atoms with Gasteiger partial charge in [0.15, 0.2) is 0 Å². The van der Waals surface area contributed by atoms with Gasteiger partial charge in [0.25, 0.3) is 0 Å². The Balaban J connectivity index is 2.33. The molecule has 1 atom stereocenters. The molecule has 2 aromatic rings. The number of alkyl halides is 3. The van der Waals surface area contributed by atoms with Gasteiger partial charge in [-0.25, -0.2) is 10.4 Å². The first-order valence-electron chi connectivity index (χ1n) is 5.46. The summed E-state index contributed by atoms with van der Waals surface area (Å²) in [6, 6.07) is 4.60. The lowest BCUT2D eigenvalue weighted by Crippen LogP contribution is -2.28. The summed E-state index contributed by atoms with van der Waals surface area (Å²) in [5.41, 5.74) is 5.10. The number of rotatable bonds is 3. The van der Waals surface area contributed by atoms with Crippen LogP contribution in [0.5, 0.6) is 0 Å². The minimum absolute atomic E-state index is 0.352. The van der Waals surface area contributed by atoms with Gasteiger partial charge < -0.3 is 0 Å². The average Bonchev–Trinajstić information content (AvgIpc) is 2.76. The maximum absolute atomic E-state index is 12.5. The minimum atomic E-state index is -4.33. The quantitative estimate of drug-likeness (QED) is 0.674. The number of thiazole rings is 1. The summed E-state index contributed by atoms with van der Waals surface area (Å²) < 4.78 is 37.5. The molecule has 3 N–H and O–H groups in total. The molecule has 0 amide bonds. The Bertz CT molecular complexity index is 548. The van der Waals surface area contributed by atoms with Crippen molar-refractivity contribution in [2.75, 3.05) is 0 Å². The maximum Gasteiger partial charge on any atom is 0.416 e. The van der Waals surface area contributed by atoms with Gasteiger partial charge in [-0.2, -0.15) is 13.2 Å². The summed E-state index contributed by atoms with van der Waals surface area (Å²) in [5.74, 6) is 5.50. The van der Waals surface area contributed by atoms with Crippen LogP contribution in [0.15, 0.2) is 29.8 Å². The fraction of sp³-hybridized carbons (Fsp3) is 0.250. The topological polar surface area (TPSA) is 50.9 Å². The monoisotopic (exact) mass is 287 g/mol. The molecule has 2 rings (SSSR count). The lowest BCUT2D eigenvalue weighted by molar-refractivity contribution is -0.137. The van der Waals surface area contributed by atoms with E-state index in [1.54, 1.807) is 5.51 Å². The summed E-state index contributed by atoms with van der Waals surface area (Å²) in [7, 11) is 0. The van der Waals surface area contributed by atoms with E-state index in [0.717, 1.165) is 22.7 Å². The Hall–Kier alpha value is -1.44. The molecule has 1 unspecified atom stereocenters. The summed E-state index contributed by atoms with van der Waals surface area (Å²) >= 11 is 1.41. The van der Waals surface area contributed by atoms with Crippen molar-refractivity contribution in [2.24, 2.45) is 5.84 Å². The second kappa shape index (κ2) is 5.28. The number of hydrogen-bond donors (Lipinski definition) is 2. The molecule has 19 heavy (non-hydrogen) atoms. The van der Waals surface area contributed by atoms with Crippen molar-refractivity contribution in [1.29, 1.82) is 0 Å². The first-order chi connectivity index (χ1) is 8.93. The number of nitrogens with zero attached hydrogens (tertiary/aromatic N) is 1. The zero-order chi connectivity index (χ0) is 14.0. The Morgan fingerprint density at radius 3 is 2.32 bits per heavy atom. The third-order valence-corrected chi connectivity index (χ3v) is 3.78. The van der Waals surface area contributed by atoms with Crippen molar-refractivity contribution in [2.45, 2.75) is 19.1 Å². The Kier molecular flexibility index (Phi) is 3.88. The number of hydrogen-bond acceptors (Lipinski definition) is 4. The van der Waals surface area contributed by atoms with Crippen molar-refractivity contribution in [1.82, 2.24) is 10.4 Å². The Morgan fingerprint density at radius 2 is 1.89 bits per heavy atom. The molecule has 1 aromatic heterocycles. The summed E-state index contributed by atoms with van der Waals surface area (Å²) in [6.07, 6.45) is -4.33. The van der Waals surface area contributed by atoms with Crippen LogP contribution in [0, 0.1) is 6.92 Å². The molecule has 0 spiro atoms. The van der Waals surface area contributed by atoms with E-state index >= 15 is 0 Å². The van der Waals surface area contributed by atoms with Gasteiger partial charge in [0, 0.05) is 0 Å². The molecule has 0 saturated heterocycles. The van der Waals surface area contributed by atoms with Crippen LogP contribution in [0.25, 0.3) is 0 Å². The number of hydrazine groups is 1. The molecule has 3 nitrogen and oxygen atoms in total. The van der Waals surface area contributed by atoms with E-state index in [0.29, 0.717) is 5.56 Å². The predicted molar refractivity (Wildman–Crippen MR) is 67.5 cm³/mol. The van der Waals surface area contributed by atoms with Crippen LogP contribution in [0.1, 0.15) is 27.7 Å². The minimum Gasteiger partial charge on any atom is -0.271 e. The van der Waals surface area contributed by atoms with Crippen molar-refractivity contribution in [3.8, 4) is 0 Å². The molecule has 0 radical (unpaired) electrons. The fourth-order valence-electron chi connectivity index (χ4n) is 1.78.